The number of carbonyl (C=O) groups excluding carboxylic acids is 1. The fourth-order valence-electron chi connectivity index (χ4n) is 0.981. The third kappa shape index (κ3) is 5.80. The van der Waals surface area contributed by atoms with Crippen LogP contribution in [0.25, 0.3) is 0 Å². The van der Waals surface area contributed by atoms with Crippen LogP contribution in [-0.4, -0.2) is 41.8 Å². The number of aliphatic hydroxyl groups excluding tert-OH is 1. The highest BCUT2D eigenvalue weighted by Crippen LogP contribution is 2.16. The van der Waals surface area contributed by atoms with Gasteiger partial charge in [-0.25, -0.2) is 0 Å². The van der Waals surface area contributed by atoms with E-state index in [0.29, 0.717) is 0 Å². The van der Waals surface area contributed by atoms with Crippen molar-refractivity contribution >= 4 is 5.91 Å². The minimum Gasteiger partial charge on any atom is -0.396 e. The van der Waals surface area contributed by atoms with Crippen molar-refractivity contribution in [1.29, 1.82) is 0 Å². The first kappa shape index (κ1) is 13.2. The number of hydrogen-bond donors (Lipinski definition) is 1. The summed E-state index contributed by atoms with van der Waals surface area (Å²) >= 11 is 0. The van der Waals surface area contributed by atoms with Crippen molar-refractivity contribution in [2.75, 3.05) is 19.7 Å². The van der Waals surface area contributed by atoms with Crippen molar-refractivity contribution in [3.63, 3.8) is 0 Å². The Bertz CT molecular complexity index is 182. The van der Waals surface area contributed by atoms with Crippen LogP contribution in [0.15, 0.2) is 0 Å². The summed E-state index contributed by atoms with van der Waals surface area (Å²) in [6.45, 7) is 0.120. The first-order chi connectivity index (χ1) is 6.40. The summed E-state index contributed by atoms with van der Waals surface area (Å²) in [5.74, 6) is -0.570. The zero-order chi connectivity index (χ0) is 11.2. The molecule has 0 aliphatic rings. The fourth-order valence-corrected chi connectivity index (χ4v) is 0.981. The molecule has 0 spiro atoms. The maximum Gasteiger partial charge on any atom is 0.406 e. The predicted molar refractivity (Wildman–Crippen MR) is 44.6 cm³/mol. The van der Waals surface area contributed by atoms with E-state index in [4.69, 9.17) is 5.11 Å². The van der Waals surface area contributed by atoms with Crippen LogP contribution in [0.5, 0.6) is 0 Å². The number of halogens is 3. The fraction of sp³-hybridized carbons (Fsp3) is 0.875. The van der Waals surface area contributed by atoms with Crippen molar-refractivity contribution in [1.82, 2.24) is 4.90 Å². The van der Waals surface area contributed by atoms with Gasteiger partial charge >= 0.3 is 6.18 Å². The summed E-state index contributed by atoms with van der Waals surface area (Å²) in [4.78, 5) is 11.9. The van der Waals surface area contributed by atoms with Gasteiger partial charge in [0.2, 0.25) is 5.91 Å². The molecule has 0 atom stereocenters. The predicted octanol–water partition coefficient (Wildman–Crippen LogP) is 1.17. The Labute approximate surface area is 80.5 Å². The van der Waals surface area contributed by atoms with E-state index in [9.17, 15) is 18.0 Å². The maximum atomic E-state index is 11.9. The van der Waals surface area contributed by atoms with Gasteiger partial charge in [0.15, 0.2) is 0 Å². The lowest BCUT2D eigenvalue weighted by atomic mass is 10.3. The Hall–Kier alpha value is -0.780. The van der Waals surface area contributed by atoms with Crippen LogP contribution in [0, 0.1) is 0 Å². The molecule has 0 aromatic rings. The Morgan fingerprint density at radius 1 is 1.43 bits per heavy atom. The van der Waals surface area contributed by atoms with Crippen molar-refractivity contribution in [3.05, 3.63) is 0 Å². The van der Waals surface area contributed by atoms with E-state index in [1.54, 1.807) is 0 Å². The molecule has 0 heterocycles. The lowest BCUT2D eigenvalue weighted by Gasteiger charge is -2.22. The van der Waals surface area contributed by atoms with E-state index in [1.165, 1.54) is 6.92 Å². The molecule has 0 saturated heterocycles. The molecule has 0 saturated carbocycles. The van der Waals surface area contributed by atoms with Crippen molar-refractivity contribution in [2.45, 2.75) is 25.9 Å². The zero-order valence-corrected chi connectivity index (χ0v) is 7.97. The van der Waals surface area contributed by atoms with Crippen LogP contribution in [0.1, 0.15) is 19.8 Å². The summed E-state index contributed by atoms with van der Waals surface area (Å²) in [6.07, 6.45) is -4.20. The van der Waals surface area contributed by atoms with Gasteiger partial charge in [-0.15, -0.1) is 0 Å². The molecule has 1 amide bonds. The molecule has 0 aliphatic heterocycles. The van der Waals surface area contributed by atoms with Gasteiger partial charge in [-0.05, 0) is 13.3 Å². The van der Waals surface area contributed by atoms with Gasteiger partial charge in [0.1, 0.15) is 6.54 Å². The van der Waals surface area contributed by atoms with E-state index in [1.807, 2.05) is 0 Å². The highest BCUT2D eigenvalue weighted by atomic mass is 19.4. The molecular formula is C8H14F3NO2. The molecule has 0 aromatic carbocycles. The molecule has 0 bridgehead atoms. The molecule has 1 N–H and O–H groups in total. The van der Waals surface area contributed by atoms with E-state index in [2.05, 4.69) is 0 Å². The molecule has 6 heteroatoms. The Kier molecular flexibility index (Phi) is 5.52. The molecular weight excluding hydrogens is 199 g/mol. The minimum atomic E-state index is -4.36. The number of aliphatic hydroxyl groups is 1. The van der Waals surface area contributed by atoms with Gasteiger partial charge in [0, 0.05) is 19.6 Å². The van der Waals surface area contributed by atoms with Crippen molar-refractivity contribution in [2.24, 2.45) is 0 Å². The highest BCUT2D eigenvalue weighted by molar-refractivity contribution is 5.76. The van der Waals surface area contributed by atoms with Crippen LogP contribution >= 0.6 is 0 Å². The molecule has 0 fully saturated rings. The molecule has 84 valence electrons. The highest BCUT2D eigenvalue weighted by Gasteiger charge is 2.31. The number of amides is 1. The molecule has 14 heavy (non-hydrogen) atoms. The summed E-state index contributed by atoms with van der Waals surface area (Å²) in [5, 5.41) is 8.41. The normalized spacial score (nSPS) is 11.5. The van der Waals surface area contributed by atoms with Gasteiger partial charge in [0.25, 0.3) is 0 Å². The van der Waals surface area contributed by atoms with Gasteiger partial charge in [-0.3, -0.25) is 4.79 Å². The first-order valence-corrected chi connectivity index (χ1v) is 4.36. The average molecular weight is 213 g/mol. The third-order valence-electron chi connectivity index (χ3n) is 1.65. The van der Waals surface area contributed by atoms with Crippen LogP contribution in [-0.2, 0) is 4.79 Å². The minimum absolute atomic E-state index is 0.0315. The molecule has 0 aliphatic carbocycles. The molecule has 0 unspecified atom stereocenters. The monoisotopic (exact) mass is 213 g/mol. The van der Waals surface area contributed by atoms with Crippen LogP contribution in [0.4, 0.5) is 13.2 Å². The van der Waals surface area contributed by atoms with E-state index < -0.39 is 18.6 Å². The summed E-state index contributed by atoms with van der Waals surface area (Å²) in [6, 6.07) is 0. The molecule has 0 aromatic heterocycles. The van der Waals surface area contributed by atoms with E-state index >= 15 is 0 Å². The maximum absolute atomic E-state index is 11.9. The first-order valence-electron chi connectivity index (χ1n) is 4.36. The van der Waals surface area contributed by atoms with Gasteiger partial charge in [-0.2, -0.15) is 13.2 Å². The van der Waals surface area contributed by atoms with E-state index in [0.717, 1.165) is 4.90 Å². The molecule has 3 nitrogen and oxygen atoms in total. The number of alkyl halides is 3. The van der Waals surface area contributed by atoms with Gasteiger partial charge in [-0.1, -0.05) is 0 Å². The second-order valence-corrected chi connectivity index (χ2v) is 2.85. The van der Waals surface area contributed by atoms with Gasteiger partial charge < -0.3 is 10.0 Å². The van der Waals surface area contributed by atoms with E-state index in [-0.39, 0.29) is 26.0 Å². The molecule has 0 rings (SSSR count). The summed E-state index contributed by atoms with van der Waals surface area (Å²) < 4.78 is 35.8. The second-order valence-electron chi connectivity index (χ2n) is 2.85. The quantitative estimate of drug-likeness (QED) is 0.744. The SMILES string of the molecule is CCN(CC(F)(F)F)C(=O)CCCO. The van der Waals surface area contributed by atoms with Crippen LogP contribution in [0.2, 0.25) is 0 Å². The molecule has 0 radical (unpaired) electrons. The van der Waals surface area contributed by atoms with Gasteiger partial charge in [0.05, 0.1) is 0 Å². The standard InChI is InChI=1S/C8H14F3NO2/c1-2-12(6-8(9,10)11)7(14)4-3-5-13/h13H,2-6H2,1H3. The number of rotatable bonds is 5. The second kappa shape index (κ2) is 5.85. The lowest BCUT2D eigenvalue weighted by Crippen LogP contribution is -2.38. The third-order valence-corrected chi connectivity index (χ3v) is 1.65. The zero-order valence-electron chi connectivity index (χ0n) is 7.97. The lowest BCUT2D eigenvalue weighted by molar-refractivity contribution is -0.160. The number of nitrogens with zero attached hydrogens (tertiary/aromatic N) is 1. The number of hydrogen-bond acceptors (Lipinski definition) is 2. The van der Waals surface area contributed by atoms with Crippen LogP contribution < -0.4 is 0 Å². The van der Waals surface area contributed by atoms with Crippen LogP contribution in [0.3, 0.4) is 0 Å². The topological polar surface area (TPSA) is 40.5 Å². The van der Waals surface area contributed by atoms with Crippen molar-refractivity contribution in [3.8, 4) is 0 Å². The largest absolute Gasteiger partial charge is 0.406 e. The Morgan fingerprint density at radius 2 is 2.00 bits per heavy atom. The smallest absolute Gasteiger partial charge is 0.396 e. The number of carbonyl (C=O) groups is 1. The average Bonchev–Trinajstić information content (AvgIpc) is 2.08. The Morgan fingerprint density at radius 3 is 2.36 bits per heavy atom. The summed E-state index contributed by atoms with van der Waals surface area (Å²) in [5.41, 5.74) is 0. The van der Waals surface area contributed by atoms with Crippen molar-refractivity contribution < 1.29 is 23.1 Å². The summed E-state index contributed by atoms with van der Waals surface area (Å²) in [7, 11) is 0. The Balaban J connectivity index is 4.06.